The molecule has 1 aliphatic rings. The largest absolute Gasteiger partial charge is 0.378 e. The summed E-state index contributed by atoms with van der Waals surface area (Å²) in [5, 5.41) is 3.36. The quantitative estimate of drug-likeness (QED) is 0.626. The monoisotopic (exact) mass is 143 g/mol. The summed E-state index contributed by atoms with van der Waals surface area (Å²) >= 11 is 0. The van der Waals surface area contributed by atoms with E-state index in [0.717, 1.165) is 13.2 Å². The maximum absolute atomic E-state index is 5.52. The van der Waals surface area contributed by atoms with Gasteiger partial charge >= 0.3 is 0 Å². The highest BCUT2D eigenvalue weighted by molar-refractivity contribution is 4.65. The van der Waals surface area contributed by atoms with Crippen LogP contribution in [0.15, 0.2) is 0 Å². The minimum Gasteiger partial charge on any atom is -0.378 e. The first-order valence-corrected chi connectivity index (χ1v) is 4.26. The van der Waals surface area contributed by atoms with Gasteiger partial charge in [-0.3, -0.25) is 0 Å². The fourth-order valence-electron chi connectivity index (χ4n) is 1.39. The summed E-state index contributed by atoms with van der Waals surface area (Å²) in [6.07, 6.45) is 4.22. The first-order chi connectivity index (χ1) is 4.93. The van der Waals surface area contributed by atoms with Gasteiger partial charge in [0.1, 0.15) is 0 Å². The van der Waals surface area contributed by atoms with Crippen LogP contribution in [0.2, 0.25) is 0 Å². The van der Waals surface area contributed by atoms with Gasteiger partial charge in [-0.2, -0.15) is 0 Å². The van der Waals surface area contributed by atoms with Crippen molar-refractivity contribution in [1.29, 1.82) is 0 Å². The second-order valence-corrected chi connectivity index (χ2v) is 2.76. The van der Waals surface area contributed by atoms with Crippen LogP contribution in [0.3, 0.4) is 0 Å². The van der Waals surface area contributed by atoms with E-state index in [0.29, 0.717) is 6.10 Å². The molecular formula is C8H17NO. The van der Waals surface area contributed by atoms with Gasteiger partial charge in [-0.15, -0.1) is 0 Å². The molecule has 0 bridgehead atoms. The Morgan fingerprint density at radius 3 is 3.10 bits per heavy atom. The topological polar surface area (TPSA) is 21.3 Å². The normalized spacial score (nSPS) is 27.9. The Hall–Kier alpha value is -0.0800. The maximum Gasteiger partial charge on any atom is 0.0587 e. The van der Waals surface area contributed by atoms with Crippen molar-refractivity contribution >= 4 is 0 Å². The maximum atomic E-state index is 5.52. The van der Waals surface area contributed by atoms with Crippen molar-refractivity contribution in [2.24, 2.45) is 0 Å². The lowest BCUT2D eigenvalue weighted by molar-refractivity contribution is 0.0548. The molecule has 0 amide bonds. The number of hydrogen-bond donors (Lipinski definition) is 1. The van der Waals surface area contributed by atoms with E-state index in [2.05, 4.69) is 12.2 Å². The molecule has 1 heterocycles. The van der Waals surface area contributed by atoms with Crippen molar-refractivity contribution in [3.8, 4) is 0 Å². The van der Waals surface area contributed by atoms with E-state index < -0.39 is 0 Å². The molecule has 2 heteroatoms. The van der Waals surface area contributed by atoms with Gasteiger partial charge in [-0.05, 0) is 39.3 Å². The number of rotatable bonds is 2. The van der Waals surface area contributed by atoms with Crippen LogP contribution in [-0.4, -0.2) is 25.8 Å². The molecule has 1 aliphatic heterocycles. The van der Waals surface area contributed by atoms with Crippen LogP contribution in [0.1, 0.15) is 26.2 Å². The molecule has 0 aliphatic carbocycles. The molecule has 1 fully saturated rings. The van der Waals surface area contributed by atoms with Crippen LogP contribution in [0.5, 0.6) is 0 Å². The molecule has 0 aromatic rings. The fourth-order valence-corrected chi connectivity index (χ4v) is 1.39. The molecule has 1 saturated heterocycles. The summed E-state index contributed by atoms with van der Waals surface area (Å²) in [7, 11) is 0. The SMILES string of the molecule is CCOC1CCCNCC1. The van der Waals surface area contributed by atoms with Crippen molar-refractivity contribution in [3.63, 3.8) is 0 Å². The van der Waals surface area contributed by atoms with Crippen molar-refractivity contribution in [1.82, 2.24) is 5.32 Å². The Kier molecular flexibility index (Phi) is 3.76. The van der Waals surface area contributed by atoms with Gasteiger partial charge in [-0.1, -0.05) is 0 Å². The summed E-state index contributed by atoms with van der Waals surface area (Å²) in [5.41, 5.74) is 0. The van der Waals surface area contributed by atoms with Crippen molar-refractivity contribution in [2.75, 3.05) is 19.7 Å². The summed E-state index contributed by atoms with van der Waals surface area (Å²) in [6.45, 7) is 5.23. The minimum absolute atomic E-state index is 0.528. The summed E-state index contributed by atoms with van der Waals surface area (Å²) in [4.78, 5) is 0. The van der Waals surface area contributed by atoms with Crippen molar-refractivity contribution in [2.45, 2.75) is 32.3 Å². The van der Waals surface area contributed by atoms with E-state index in [4.69, 9.17) is 4.74 Å². The zero-order chi connectivity index (χ0) is 7.23. The smallest absolute Gasteiger partial charge is 0.0587 e. The van der Waals surface area contributed by atoms with Crippen LogP contribution in [0.25, 0.3) is 0 Å². The van der Waals surface area contributed by atoms with E-state index >= 15 is 0 Å². The fraction of sp³-hybridized carbons (Fsp3) is 1.00. The first kappa shape index (κ1) is 8.02. The highest BCUT2D eigenvalue weighted by Gasteiger charge is 2.10. The summed E-state index contributed by atoms with van der Waals surface area (Å²) < 4.78 is 5.52. The molecule has 10 heavy (non-hydrogen) atoms. The second kappa shape index (κ2) is 4.69. The molecular weight excluding hydrogens is 126 g/mol. The molecule has 0 saturated carbocycles. The molecule has 1 unspecified atom stereocenters. The molecule has 60 valence electrons. The van der Waals surface area contributed by atoms with Crippen LogP contribution in [0.4, 0.5) is 0 Å². The summed E-state index contributed by atoms with van der Waals surface area (Å²) in [5.74, 6) is 0. The Morgan fingerprint density at radius 1 is 1.40 bits per heavy atom. The van der Waals surface area contributed by atoms with Gasteiger partial charge in [0.05, 0.1) is 6.10 Å². The van der Waals surface area contributed by atoms with Crippen molar-refractivity contribution in [3.05, 3.63) is 0 Å². The molecule has 2 nitrogen and oxygen atoms in total. The minimum atomic E-state index is 0.528. The lowest BCUT2D eigenvalue weighted by Gasteiger charge is -2.12. The van der Waals surface area contributed by atoms with E-state index in [9.17, 15) is 0 Å². The van der Waals surface area contributed by atoms with Crippen LogP contribution in [0, 0.1) is 0 Å². The third kappa shape index (κ3) is 2.67. The Morgan fingerprint density at radius 2 is 2.30 bits per heavy atom. The van der Waals surface area contributed by atoms with Gasteiger partial charge in [0, 0.05) is 6.61 Å². The number of nitrogens with one attached hydrogen (secondary N) is 1. The van der Waals surface area contributed by atoms with Crippen LogP contribution >= 0.6 is 0 Å². The molecule has 1 atom stereocenters. The van der Waals surface area contributed by atoms with Gasteiger partial charge in [0.25, 0.3) is 0 Å². The average molecular weight is 143 g/mol. The lowest BCUT2D eigenvalue weighted by atomic mass is 10.2. The molecule has 1 rings (SSSR count). The molecule has 0 aromatic carbocycles. The standard InChI is InChI=1S/C8H17NO/c1-2-10-8-4-3-6-9-7-5-8/h8-9H,2-7H2,1H3. The number of hydrogen-bond acceptors (Lipinski definition) is 2. The van der Waals surface area contributed by atoms with Gasteiger partial charge < -0.3 is 10.1 Å². The first-order valence-electron chi connectivity index (χ1n) is 4.26. The Labute approximate surface area is 63.0 Å². The van der Waals surface area contributed by atoms with E-state index in [1.54, 1.807) is 0 Å². The molecule has 0 spiro atoms. The second-order valence-electron chi connectivity index (χ2n) is 2.76. The third-order valence-electron chi connectivity index (χ3n) is 1.93. The van der Waals surface area contributed by atoms with Crippen LogP contribution < -0.4 is 5.32 Å². The van der Waals surface area contributed by atoms with E-state index in [1.807, 2.05) is 0 Å². The third-order valence-corrected chi connectivity index (χ3v) is 1.93. The molecule has 0 radical (unpaired) electrons. The lowest BCUT2D eigenvalue weighted by Crippen LogP contribution is -2.17. The zero-order valence-electron chi connectivity index (χ0n) is 6.73. The Balaban J connectivity index is 2.15. The predicted octanol–water partition coefficient (Wildman–Crippen LogP) is 1.17. The van der Waals surface area contributed by atoms with Crippen LogP contribution in [-0.2, 0) is 4.74 Å². The highest BCUT2D eigenvalue weighted by atomic mass is 16.5. The average Bonchev–Trinajstić information content (AvgIpc) is 2.17. The zero-order valence-corrected chi connectivity index (χ0v) is 6.73. The predicted molar refractivity (Wildman–Crippen MR) is 42.1 cm³/mol. The van der Waals surface area contributed by atoms with E-state index in [1.165, 1.54) is 25.8 Å². The van der Waals surface area contributed by atoms with Crippen molar-refractivity contribution < 1.29 is 4.74 Å². The Bertz CT molecular complexity index is 77.3. The van der Waals surface area contributed by atoms with Gasteiger partial charge in [0.2, 0.25) is 0 Å². The van der Waals surface area contributed by atoms with Gasteiger partial charge in [0.15, 0.2) is 0 Å². The highest BCUT2D eigenvalue weighted by Crippen LogP contribution is 2.08. The summed E-state index contributed by atoms with van der Waals surface area (Å²) in [6, 6.07) is 0. The molecule has 0 aromatic heterocycles. The van der Waals surface area contributed by atoms with E-state index in [-0.39, 0.29) is 0 Å². The number of ether oxygens (including phenoxy) is 1. The molecule has 1 N–H and O–H groups in total. The van der Waals surface area contributed by atoms with Gasteiger partial charge in [-0.25, -0.2) is 0 Å².